The van der Waals surface area contributed by atoms with E-state index in [1.807, 2.05) is 23.9 Å². The van der Waals surface area contributed by atoms with Crippen molar-refractivity contribution in [1.29, 1.82) is 0 Å². The molecule has 2 aromatic rings. The van der Waals surface area contributed by atoms with Crippen LogP contribution < -0.4 is 5.32 Å². The molecule has 2 heterocycles. The van der Waals surface area contributed by atoms with E-state index in [-0.39, 0.29) is 0 Å². The van der Waals surface area contributed by atoms with E-state index in [1.165, 1.54) is 30.7 Å². The second-order valence-corrected chi connectivity index (χ2v) is 5.53. The van der Waals surface area contributed by atoms with Gasteiger partial charge >= 0.3 is 0 Å². The van der Waals surface area contributed by atoms with Crippen LogP contribution in [-0.4, -0.2) is 27.7 Å². The molecule has 1 aromatic heterocycles. The van der Waals surface area contributed by atoms with Gasteiger partial charge in [-0.1, -0.05) is 0 Å². The van der Waals surface area contributed by atoms with Crippen molar-refractivity contribution in [3.8, 4) is 11.5 Å². The number of anilines is 1. The van der Waals surface area contributed by atoms with Gasteiger partial charge in [0.25, 0.3) is 0 Å². The first kappa shape index (κ1) is 11.6. The van der Waals surface area contributed by atoms with Crippen LogP contribution in [0.4, 0.5) is 5.69 Å². The molecule has 1 aromatic carbocycles. The first-order valence-corrected chi connectivity index (χ1v) is 7.28. The molecule has 0 radical (unpaired) electrons. The van der Waals surface area contributed by atoms with Crippen LogP contribution in [0.15, 0.2) is 35.1 Å². The number of nitrogens with one attached hydrogen (secondary N) is 1. The van der Waals surface area contributed by atoms with E-state index in [9.17, 15) is 0 Å². The topological polar surface area (TPSA) is 51.0 Å². The third-order valence-electron chi connectivity index (χ3n) is 3.02. The highest BCUT2D eigenvalue weighted by molar-refractivity contribution is 7.99. The smallest absolute Gasteiger partial charge is 0.247 e. The Labute approximate surface area is 110 Å². The van der Waals surface area contributed by atoms with E-state index >= 15 is 0 Å². The van der Waals surface area contributed by atoms with E-state index < -0.39 is 0 Å². The summed E-state index contributed by atoms with van der Waals surface area (Å²) in [5.74, 6) is 3.06. The summed E-state index contributed by atoms with van der Waals surface area (Å²) in [5.41, 5.74) is 2.11. The average Bonchev–Trinajstić information content (AvgIpc) is 2.95. The third-order valence-corrected chi connectivity index (χ3v) is 4.24. The van der Waals surface area contributed by atoms with Crippen molar-refractivity contribution in [3.05, 3.63) is 30.7 Å². The van der Waals surface area contributed by atoms with Gasteiger partial charge < -0.3 is 9.73 Å². The first-order valence-electron chi connectivity index (χ1n) is 6.13. The Kier molecular flexibility index (Phi) is 3.50. The predicted molar refractivity (Wildman–Crippen MR) is 73.7 cm³/mol. The molecule has 1 saturated heterocycles. The number of hydrogen-bond donors (Lipinski definition) is 1. The number of aromatic nitrogens is 2. The number of nitrogens with zero attached hydrogens (tertiary/aromatic N) is 2. The van der Waals surface area contributed by atoms with E-state index in [2.05, 4.69) is 27.6 Å². The minimum Gasteiger partial charge on any atom is -0.423 e. The van der Waals surface area contributed by atoms with Gasteiger partial charge in [-0.2, -0.15) is 11.8 Å². The molecule has 1 N–H and O–H groups in total. The van der Waals surface area contributed by atoms with Crippen molar-refractivity contribution in [1.82, 2.24) is 10.2 Å². The highest BCUT2D eigenvalue weighted by atomic mass is 32.2. The maximum absolute atomic E-state index is 5.16. The molecule has 1 fully saturated rings. The molecule has 1 aliphatic rings. The lowest BCUT2D eigenvalue weighted by Gasteiger charge is -2.23. The zero-order valence-electron chi connectivity index (χ0n) is 10.0. The number of rotatable bonds is 3. The van der Waals surface area contributed by atoms with E-state index in [0.717, 1.165) is 11.3 Å². The first-order chi connectivity index (χ1) is 8.92. The SMILES string of the molecule is c1nnc(-c2ccc(NC3CCCSC3)cc2)o1. The zero-order chi connectivity index (χ0) is 12.2. The Balaban J connectivity index is 1.67. The second-order valence-electron chi connectivity index (χ2n) is 4.38. The predicted octanol–water partition coefficient (Wildman–Crippen LogP) is 3.04. The summed E-state index contributed by atoms with van der Waals surface area (Å²) in [6.07, 6.45) is 3.92. The minimum atomic E-state index is 0.565. The van der Waals surface area contributed by atoms with Crippen LogP contribution in [0.1, 0.15) is 12.8 Å². The molecular formula is C13H15N3OS. The van der Waals surface area contributed by atoms with Crippen molar-refractivity contribution in [2.45, 2.75) is 18.9 Å². The maximum Gasteiger partial charge on any atom is 0.247 e. The third kappa shape index (κ3) is 2.67. The molecule has 94 valence electrons. The summed E-state index contributed by atoms with van der Waals surface area (Å²) in [4.78, 5) is 0. The largest absolute Gasteiger partial charge is 0.423 e. The van der Waals surface area contributed by atoms with Crippen LogP contribution in [0.2, 0.25) is 0 Å². The van der Waals surface area contributed by atoms with Crippen molar-refractivity contribution in [3.63, 3.8) is 0 Å². The molecule has 0 spiro atoms. The van der Waals surface area contributed by atoms with Gasteiger partial charge in [-0.25, -0.2) is 0 Å². The van der Waals surface area contributed by atoms with Crippen LogP contribution in [0.3, 0.4) is 0 Å². The average molecular weight is 261 g/mol. The van der Waals surface area contributed by atoms with Gasteiger partial charge in [0, 0.05) is 23.0 Å². The molecule has 1 atom stereocenters. The molecule has 0 aliphatic carbocycles. The van der Waals surface area contributed by atoms with Crippen molar-refractivity contribution < 1.29 is 4.42 Å². The molecule has 4 nitrogen and oxygen atoms in total. The van der Waals surface area contributed by atoms with Gasteiger partial charge in [-0.15, -0.1) is 10.2 Å². The Bertz CT molecular complexity index is 477. The number of benzene rings is 1. The summed E-state index contributed by atoms with van der Waals surface area (Å²) in [6.45, 7) is 0. The van der Waals surface area contributed by atoms with Crippen molar-refractivity contribution in [2.24, 2.45) is 0 Å². The van der Waals surface area contributed by atoms with Crippen LogP contribution in [0, 0.1) is 0 Å². The Morgan fingerprint density at radius 1 is 1.28 bits per heavy atom. The maximum atomic E-state index is 5.16. The van der Waals surface area contributed by atoms with Crippen LogP contribution in [-0.2, 0) is 0 Å². The standard InChI is InChI=1S/C13H15N3OS/c1-2-12(8-18-7-1)15-11-5-3-10(4-6-11)13-16-14-9-17-13/h3-6,9,12,15H,1-2,7-8H2. The summed E-state index contributed by atoms with van der Waals surface area (Å²) < 4.78 is 5.16. The fourth-order valence-corrected chi connectivity index (χ4v) is 3.17. The van der Waals surface area contributed by atoms with E-state index in [4.69, 9.17) is 4.42 Å². The lowest BCUT2D eigenvalue weighted by atomic mass is 10.1. The van der Waals surface area contributed by atoms with Crippen molar-refractivity contribution >= 4 is 17.4 Å². The quantitative estimate of drug-likeness (QED) is 0.920. The Morgan fingerprint density at radius 2 is 2.17 bits per heavy atom. The monoisotopic (exact) mass is 261 g/mol. The van der Waals surface area contributed by atoms with Crippen LogP contribution >= 0.6 is 11.8 Å². The van der Waals surface area contributed by atoms with Gasteiger partial charge in [0.1, 0.15) is 0 Å². The molecular weight excluding hydrogens is 246 g/mol. The summed E-state index contributed by atoms with van der Waals surface area (Å²) in [7, 11) is 0. The van der Waals surface area contributed by atoms with E-state index in [0.29, 0.717) is 11.9 Å². The molecule has 0 amide bonds. The molecule has 0 bridgehead atoms. The van der Waals surface area contributed by atoms with E-state index in [1.54, 1.807) is 0 Å². The second kappa shape index (κ2) is 5.44. The number of hydrogen-bond acceptors (Lipinski definition) is 5. The highest BCUT2D eigenvalue weighted by Crippen LogP contribution is 2.23. The van der Waals surface area contributed by atoms with Gasteiger partial charge in [-0.3, -0.25) is 0 Å². The summed E-state index contributed by atoms with van der Waals surface area (Å²) in [5, 5.41) is 11.1. The summed E-state index contributed by atoms with van der Waals surface area (Å²) >= 11 is 2.03. The molecule has 1 aliphatic heterocycles. The highest BCUT2D eigenvalue weighted by Gasteiger charge is 2.13. The molecule has 0 saturated carbocycles. The fourth-order valence-electron chi connectivity index (χ4n) is 2.10. The molecule has 1 unspecified atom stereocenters. The van der Waals surface area contributed by atoms with Gasteiger partial charge in [0.05, 0.1) is 0 Å². The summed E-state index contributed by atoms with van der Waals surface area (Å²) in [6, 6.07) is 8.74. The van der Waals surface area contributed by atoms with Crippen LogP contribution in [0.5, 0.6) is 0 Å². The Hall–Kier alpha value is -1.49. The van der Waals surface area contributed by atoms with Crippen molar-refractivity contribution in [2.75, 3.05) is 16.8 Å². The van der Waals surface area contributed by atoms with Crippen LogP contribution in [0.25, 0.3) is 11.5 Å². The Morgan fingerprint density at radius 3 is 2.83 bits per heavy atom. The fraction of sp³-hybridized carbons (Fsp3) is 0.385. The van der Waals surface area contributed by atoms with Gasteiger partial charge in [0.15, 0.2) is 0 Å². The van der Waals surface area contributed by atoms with Gasteiger partial charge in [-0.05, 0) is 42.9 Å². The normalized spacial score (nSPS) is 19.7. The lowest BCUT2D eigenvalue weighted by Crippen LogP contribution is -2.25. The molecule has 5 heteroatoms. The lowest BCUT2D eigenvalue weighted by molar-refractivity contribution is 0.568. The minimum absolute atomic E-state index is 0.565. The molecule has 3 rings (SSSR count). The zero-order valence-corrected chi connectivity index (χ0v) is 10.8. The molecule has 18 heavy (non-hydrogen) atoms. The number of thioether (sulfide) groups is 1. The van der Waals surface area contributed by atoms with Gasteiger partial charge in [0.2, 0.25) is 12.3 Å².